The number of nitrogens with zero attached hydrogens (tertiary/aromatic N) is 1. The first kappa shape index (κ1) is 16.5. The molecule has 0 bridgehead atoms. The Morgan fingerprint density at radius 3 is 2.15 bits per heavy atom. The molecule has 0 radical (unpaired) electrons. The number of para-hydroxylation sites is 1. The molecular formula is C22H17NO2S. The Kier molecular flexibility index (Phi) is 4.05. The van der Waals surface area contributed by atoms with Gasteiger partial charge in [-0.05, 0) is 42.3 Å². The number of pyridine rings is 1. The molecular weight excluding hydrogens is 342 g/mol. The predicted octanol–water partition coefficient (Wildman–Crippen LogP) is 5.04. The standard InChI is InChI=1S/C22H17NO2S/c1-16-11-13-18(14-12-16)26(24,25)22-15-20(17-7-3-2-4-8-17)19-9-5-6-10-21(19)23-22/h2-15H,1H3. The Bertz CT molecular complexity index is 1180. The summed E-state index contributed by atoms with van der Waals surface area (Å²) in [6.07, 6.45) is 0. The third-order valence-electron chi connectivity index (χ3n) is 4.38. The molecule has 4 rings (SSSR count). The Morgan fingerprint density at radius 1 is 0.769 bits per heavy atom. The zero-order valence-corrected chi connectivity index (χ0v) is 15.1. The molecule has 4 heteroatoms. The second-order valence-corrected chi connectivity index (χ2v) is 8.10. The van der Waals surface area contributed by atoms with E-state index in [0.29, 0.717) is 5.52 Å². The number of aryl methyl sites for hydroxylation is 1. The van der Waals surface area contributed by atoms with Gasteiger partial charge in [0.25, 0.3) is 0 Å². The van der Waals surface area contributed by atoms with Crippen LogP contribution in [-0.2, 0) is 9.84 Å². The third-order valence-corrected chi connectivity index (χ3v) is 6.04. The quantitative estimate of drug-likeness (QED) is 0.515. The fraction of sp³-hybridized carbons (Fsp3) is 0.0455. The monoisotopic (exact) mass is 359 g/mol. The van der Waals surface area contributed by atoms with Crippen molar-refractivity contribution < 1.29 is 8.42 Å². The molecule has 0 fully saturated rings. The molecule has 0 amide bonds. The van der Waals surface area contributed by atoms with Crippen LogP contribution in [0.15, 0.2) is 94.9 Å². The fourth-order valence-corrected chi connectivity index (χ4v) is 4.21. The predicted molar refractivity (Wildman–Crippen MR) is 104 cm³/mol. The van der Waals surface area contributed by atoms with Crippen molar-refractivity contribution in [2.45, 2.75) is 16.8 Å². The van der Waals surface area contributed by atoms with E-state index in [9.17, 15) is 8.42 Å². The molecule has 3 aromatic carbocycles. The van der Waals surface area contributed by atoms with E-state index in [1.54, 1.807) is 30.3 Å². The highest BCUT2D eigenvalue weighted by atomic mass is 32.2. The van der Waals surface area contributed by atoms with Gasteiger partial charge in [-0.15, -0.1) is 0 Å². The Labute approximate surface area is 152 Å². The topological polar surface area (TPSA) is 47.0 Å². The van der Waals surface area contributed by atoms with Crippen molar-refractivity contribution in [2.75, 3.05) is 0 Å². The van der Waals surface area contributed by atoms with E-state index < -0.39 is 9.84 Å². The van der Waals surface area contributed by atoms with Gasteiger partial charge in [-0.3, -0.25) is 0 Å². The lowest BCUT2D eigenvalue weighted by Crippen LogP contribution is -2.05. The molecule has 3 nitrogen and oxygen atoms in total. The summed E-state index contributed by atoms with van der Waals surface area (Å²) in [7, 11) is -3.69. The van der Waals surface area contributed by atoms with Crippen molar-refractivity contribution in [3.8, 4) is 11.1 Å². The van der Waals surface area contributed by atoms with E-state index in [1.165, 1.54) is 0 Å². The van der Waals surface area contributed by atoms with Crippen molar-refractivity contribution in [2.24, 2.45) is 0 Å². The van der Waals surface area contributed by atoms with Crippen LogP contribution in [0.5, 0.6) is 0 Å². The minimum atomic E-state index is -3.69. The van der Waals surface area contributed by atoms with Gasteiger partial charge in [0.05, 0.1) is 10.4 Å². The van der Waals surface area contributed by atoms with E-state index in [0.717, 1.165) is 22.1 Å². The van der Waals surface area contributed by atoms with Gasteiger partial charge in [-0.1, -0.05) is 66.2 Å². The van der Waals surface area contributed by atoms with Gasteiger partial charge in [0.1, 0.15) is 0 Å². The molecule has 0 unspecified atom stereocenters. The zero-order chi connectivity index (χ0) is 18.1. The van der Waals surface area contributed by atoms with Crippen molar-refractivity contribution in [1.82, 2.24) is 4.98 Å². The lowest BCUT2D eigenvalue weighted by molar-refractivity contribution is 0.593. The Morgan fingerprint density at radius 2 is 1.42 bits per heavy atom. The van der Waals surface area contributed by atoms with Gasteiger partial charge in [-0.2, -0.15) is 0 Å². The van der Waals surface area contributed by atoms with Crippen molar-refractivity contribution >= 4 is 20.7 Å². The van der Waals surface area contributed by atoms with E-state index in [1.807, 2.05) is 61.5 Å². The van der Waals surface area contributed by atoms with E-state index >= 15 is 0 Å². The van der Waals surface area contributed by atoms with Crippen LogP contribution in [-0.4, -0.2) is 13.4 Å². The highest BCUT2D eigenvalue weighted by molar-refractivity contribution is 7.91. The summed E-state index contributed by atoms with van der Waals surface area (Å²) in [5.74, 6) is 0. The minimum absolute atomic E-state index is 0.0684. The molecule has 0 aliphatic rings. The number of fused-ring (bicyclic) bond motifs is 1. The van der Waals surface area contributed by atoms with Crippen molar-refractivity contribution in [1.29, 1.82) is 0 Å². The average molecular weight is 359 g/mol. The normalized spacial score (nSPS) is 11.6. The lowest BCUT2D eigenvalue weighted by atomic mass is 10.0. The highest BCUT2D eigenvalue weighted by Gasteiger charge is 2.21. The summed E-state index contributed by atoms with van der Waals surface area (Å²) in [6, 6.07) is 25.9. The molecule has 128 valence electrons. The first-order chi connectivity index (χ1) is 12.6. The summed E-state index contributed by atoms with van der Waals surface area (Å²) < 4.78 is 26.2. The molecule has 0 atom stereocenters. The minimum Gasteiger partial charge on any atom is -0.236 e. The number of hydrogen-bond donors (Lipinski definition) is 0. The van der Waals surface area contributed by atoms with Crippen LogP contribution in [0.25, 0.3) is 22.0 Å². The SMILES string of the molecule is Cc1ccc(S(=O)(=O)c2cc(-c3ccccc3)c3ccccc3n2)cc1. The van der Waals surface area contributed by atoms with Gasteiger partial charge >= 0.3 is 0 Å². The second kappa shape index (κ2) is 6.39. The van der Waals surface area contributed by atoms with Crippen LogP contribution in [0.4, 0.5) is 0 Å². The van der Waals surface area contributed by atoms with Gasteiger partial charge < -0.3 is 0 Å². The van der Waals surface area contributed by atoms with E-state index in [-0.39, 0.29) is 9.92 Å². The molecule has 26 heavy (non-hydrogen) atoms. The van der Waals surface area contributed by atoms with Gasteiger partial charge in [0.2, 0.25) is 9.84 Å². The zero-order valence-electron chi connectivity index (χ0n) is 14.3. The van der Waals surface area contributed by atoms with Gasteiger partial charge in [0, 0.05) is 5.39 Å². The lowest BCUT2D eigenvalue weighted by Gasteiger charge is -2.11. The van der Waals surface area contributed by atoms with Crippen LogP contribution in [0.3, 0.4) is 0 Å². The van der Waals surface area contributed by atoms with Gasteiger partial charge in [-0.25, -0.2) is 13.4 Å². The summed E-state index contributed by atoms with van der Waals surface area (Å²) in [6.45, 7) is 1.93. The number of sulfone groups is 1. The number of aromatic nitrogens is 1. The Hall–Kier alpha value is -2.98. The highest BCUT2D eigenvalue weighted by Crippen LogP contribution is 2.31. The Balaban J connectivity index is 1.98. The summed E-state index contributed by atoms with van der Waals surface area (Å²) >= 11 is 0. The molecule has 1 heterocycles. The van der Waals surface area contributed by atoms with E-state index in [4.69, 9.17) is 0 Å². The maximum Gasteiger partial charge on any atom is 0.223 e. The maximum atomic E-state index is 13.1. The largest absolute Gasteiger partial charge is 0.236 e. The van der Waals surface area contributed by atoms with Crippen LogP contribution in [0, 0.1) is 6.92 Å². The first-order valence-corrected chi connectivity index (χ1v) is 9.81. The van der Waals surface area contributed by atoms with Crippen LogP contribution >= 0.6 is 0 Å². The molecule has 0 saturated heterocycles. The second-order valence-electron chi connectivity index (χ2n) is 6.21. The summed E-state index contributed by atoms with van der Waals surface area (Å²) in [5.41, 5.74) is 3.51. The first-order valence-electron chi connectivity index (χ1n) is 8.33. The summed E-state index contributed by atoms with van der Waals surface area (Å²) in [5, 5.41) is 1.00. The number of benzene rings is 3. The van der Waals surface area contributed by atoms with Crippen LogP contribution in [0.1, 0.15) is 5.56 Å². The van der Waals surface area contributed by atoms with Crippen molar-refractivity contribution in [3.63, 3.8) is 0 Å². The smallest absolute Gasteiger partial charge is 0.223 e. The summed E-state index contributed by atoms with van der Waals surface area (Å²) in [4.78, 5) is 4.70. The van der Waals surface area contributed by atoms with E-state index in [2.05, 4.69) is 4.98 Å². The number of rotatable bonds is 3. The molecule has 0 N–H and O–H groups in total. The maximum absolute atomic E-state index is 13.1. The third kappa shape index (κ3) is 2.89. The fourth-order valence-electron chi connectivity index (χ4n) is 2.98. The molecule has 0 aliphatic heterocycles. The molecule has 1 aromatic heterocycles. The molecule has 0 spiro atoms. The molecule has 0 saturated carbocycles. The van der Waals surface area contributed by atoms with Crippen LogP contribution < -0.4 is 0 Å². The van der Waals surface area contributed by atoms with Crippen LogP contribution in [0.2, 0.25) is 0 Å². The van der Waals surface area contributed by atoms with Gasteiger partial charge in [0.15, 0.2) is 5.03 Å². The molecule has 4 aromatic rings. The average Bonchev–Trinajstić information content (AvgIpc) is 2.68. The number of hydrogen-bond acceptors (Lipinski definition) is 3. The van der Waals surface area contributed by atoms with Crippen molar-refractivity contribution in [3.05, 3.63) is 90.5 Å². The molecule has 0 aliphatic carbocycles.